The first-order valence-corrected chi connectivity index (χ1v) is 17.8. The molecule has 0 radical (unpaired) electrons. The third-order valence-corrected chi connectivity index (χ3v) is 11.0. The highest BCUT2D eigenvalue weighted by Gasteiger charge is 2.26. The molecule has 0 unspecified atom stereocenters. The highest BCUT2D eigenvalue weighted by atomic mass is 15.1. The lowest BCUT2D eigenvalue weighted by atomic mass is 9.98. The molecule has 240 valence electrons. The van der Waals surface area contributed by atoms with E-state index in [9.17, 15) is 0 Å². The lowest BCUT2D eigenvalue weighted by Crippen LogP contribution is -2.02. The Morgan fingerprint density at radius 2 is 1.00 bits per heavy atom. The van der Waals surface area contributed by atoms with Gasteiger partial charge in [-0.2, -0.15) is 0 Å². The van der Waals surface area contributed by atoms with Gasteiger partial charge in [-0.3, -0.25) is 4.57 Å². The summed E-state index contributed by atoms with van der Waals surface area (Å²) in [5.41, 5.74) is 10.3. The van der Waals surface area contributed by atoms with Crippen molar-refractivity contribution in [3.05, 3.63) is 170 Å². The molecule has 8 aromatic carbocycles. The standard InChI is InChI=1S/C48H28N4/c1-2-12-29(13-3-1)30-22-24-32(25-23-30)47-49-38-19-9-6-17-35(38)48(50-47)52-40-21-11-8-18-36(40)44-42(52)28-37-34-16-7-10-20-39(34)51-41-27-26-31-14-4-5-15-33(31)43(41)45(44)46(37)51/h1-28H. The van der Waals surface area contributed by atoms with E-state index in [4.69, 9.17) is 9.97 Å². The number of aromatic nitrogens is 4. The first-order chi connectivity index (χ1) is 25.8. The third kappa shape index (κ3) is 3.65. The molecule has 4 nitrogen and oxygen atoms in total. The average Bonchev–Trinajstić information content (AvgIpc) is 3.85. The summed E-state index contributed by atoms with van der Waals surface area (Å²) < 4.78 is 4.88. The van der Waals surface area contributed by atoms with Gasteiger partial charge in [-0.1, -0.05) is 133 Å². The van der Waals surface area contributed by atoms with E-state index in [1.807, 2.05) is 0 Å². The van der Waals surface area contributed by atoms with E-state index in [0.717, 1.165) is 33.3 Å². The van der Waals surface area contributed by atoms with Gasteiger partial charge >= 0.3 is 0 Å². The minimum Gasteiger partial charge on any atom is -0.308 e. The van der Waals surface area contributed by atoms with Gasteiger partial charge < -0.3 is 4.40 Å². The Kier molecular flexibility index (Phi) is 5.47. The normalized spacial score (nSPS) is 12.2. The zero-order valence-electron chi connectivity index (χ0n) is 28.0. The van der Waals surface area contributed by atoms with E-state index < -0.39 is 0 Å². The molecule has 0 atom stereocenters. The highest BCUT2D eigenvalue weighted by Crippen LogP contribution is 2.48. The summed E-state index contributed by atoms with van der Waals surface area (Å²) >= 11 is 0. The van der Waals surface area contributed by atoms with Crippen molar-refractivity contribution in [2.24, 2.45) is 0 Å². The van der Waals surface area contributed by atoms with Gasteiger partial charge in [0.15, 0.2) is 5.82 Å². The van der Waals surface area contributed by atoms with E-state index in [0.29, 0.717) is 5.82 Å². The Balaban J connectivity index is 1.24. The van der Waals surface area contributed by atoms with Crippen LogP contribution in [0.2, 0.25) is 0 Å². The van der Waals surface area contributed by atoms with E-state index in [1.54, 1.807) is 0 Å². The molecular weight excluding hydrogens is 633 g/mol. The van der Waals surface area contributed by atoms with Crippen molar-refractivity contribution >= 4 is 81.6 Å². The zero-order valence-corrected chi connectivity index (χ0v) is 28.0. The van der Waals surface area contributed by atoms with Gasteiger partial charge in [0.25, 0.3) is 0 Å². The molecule has 0 amide bonds. The van der Waals surface area contributed by atoms with Gasteiger partial charge in [-0.05, 0) is 58.3 Å². The molecule has 0 fully saturated rings. The number of rotatable bonds is 3. The lowest BCUT2D eigenvalue weighted by Gasteiger charge is -2.13. The number of hydrogen-bond acceptors (Lipinski definition) is 2. The molecule has 0 spiro atoms. The van der Waals surface area contributed by atoms with Crippen molar-refractivity contribution in [1.29, 1.82) is 0 Å². The Morgan fingerprint density at radius 1 is 0.365 bits per heavy atom. The summed E-state index contributed by atoms with van der Waals surface area (Å²) in [6.45, 7) is 0. The zero-order chi connectivity index (χ0) is 33.9. The number of para-hydroxylation sites is 3. The fraction of sp³-hybridized carbons (Fsp3) is 0. The molecular formula is C48H28N4. The van der Waals surface area contributed by atoms with Crippen molar-refractivity contribution in [3.8, 4) is 28.3 Å². The Labute approximate surface area is 297 Å². The summed E-state index contributed by atoms with van der Waals surface area (Å²) in [5.74, 6) is 1.59. The van der Waals surface area contributed by atoms with Crippen LogP contribution in [0.15, 0.2) is 170 Å². The third-order valence-electron chi connectivity index (χ3n) is 11.0. The topological polar surface area (TPSA) is 35.1 Å². The van der Waals surface area contributed by atoms with Crippen LogP contribution < -0.4 is 0 Å². The van der Waals surface area contributed by atoms with Gasteiger partial charge in [0.2, 0.25) is 0 Å². The van der Waals surface area contributed by atoms with E-state index in [2.05, 4.69) is 179 Å². The van der Waals surface area contributed by atoms with Crippen LogP contribution in [0.3, 0.4) is 0 Å². The molecule has 0 aliphatic rings. The second kappa shape index (κ2) is 10.3. The van der Waals surface area contributed by atoms with Gasteiger partial charge in [0.05, 0.1) is 33.1 Å². The molecule has 0 saturated heterocycles. The minimum absolute atomic E-state index is 0.706. The molecule has 0 aliphatic heterocycles. The van der Waals surface area contributed by atoms with Gasteiger partial charge in [0.1, 0.15) is 5.82 Å². The SMILES string of the molecule is c1ccc(-c2ccc(-c3nc(-n4c5ccccc5c5c6c7c8ccccc8ccc7n7c8ccccc8c(cc54)c67)c4ccccc4n3)cc2)cc1. The maximum Gasteiger partial charge on any atom is 0.162 e. The van der Waals surface area contributed by atoms with Crippen LogP contribution in [0.25, 0.3) is 110 Å². The number of nitrogens with zero attached hydrogens (tertiary/aromatic N) is 4. The minimum atomic E-state index is 0.706. The summed E-state index contributed by atoms with van der Waals surface area (Å²) in [6, 6.07) is 60.9. The maximum absolute atomic E-state index is 5.46. The Bertz CT molecular complexity index is 3390. The number of hydrogen-bond donors (Lipinski definition) is 0. The molecule has 0 bridgehead atoms. The van der Waals surface area contributed by atoms with Crippen molar-refractivity contribution in [2.45, 2.75) is 0 Å². The second-order valence-corrected chi connectivity index (χ2v) is 13.8. The fourth-order valence-electron chi connectivity index (χ4n) is 8.80. The van der Waals surface area contributed by atoms with Crippen molar-refractivity contribution in [3.63, 3.8) is 0 Å². The molecule has 12 rings (SSSR count). The smallest absolute Gasteiger partial charge is 0.162 e. The maximum atomic E-state index is 5.46. The van der Waals surface area contributed by atoms with Crippen molar-refractivity contribution in [2.75, 3.05) is 0 Å². The highest BCUT2D eigenvalue weighted by molar-refractivity contribution is 6.38. The predicted octanol–water partition coefficient (Wildman–Crippen LogP) is 12.4. The molecule has 52 heavy (non-hydrogen) atoms. The molecule has 4 heterocycles. The molecule has 4 heteroatoms. The molecule has 0 saturated carbocycles. The van der Waals surface area contributed by atoms with Crippen molar-refractivity contribution in [1.82, 2.24) is 18.9 Å². The predicted molar refractivity (Wildman–Crippen MR) is 217 cm³/mol. The summed E-state index contributed by atoms with van der Waals surface area (Å²) in [5, 5.41) is 11.1. The van der Waals surface area contributed by atoms with Gasteiger partial charge in [-0.15, -0.1) is 0 Å². The monoisotopic (exact) mass is 660 g/mol. The van der Waals surface area contributed by atoms with E-state index in [-0.39, 0.29) is 0 Å². The van der Waals surface area contributed by atoms with E-state index in [1.165, 1.54) is 70.8 Å². The van der Waals surface area contributed by atoms with Crippen LogP contribution in [0.1, 0.15) is 0 Å². The van der Waals surface area contributed by atoms with Gasteiger partial charge in [0, 0.05) is 43.3 Å². The molecule has 12 aromatic rings. The molecule has 0 N–H and O–H groups in total. The van der Waals surface area contributed by atoms with Crippen LogP contribution in [0.4, 0.5) is 0 Å². The van der Waals surface area contributed by atoms with Crippen LogP contribution >= 0.6 is 0 Å². The van der Waals surface area contributed by atoms with Crippen LogP contribution in [0, 0.1) is 0 Å². The largest absolute Gasteiger partial charge is 0.308 e. The second-order valence-electron chi connectivity index (χ2n) is 13.8. The average molecular weight is 661 g/mol. The molecule has 0 aliphatic carbocycles. The van der Waals surface area contributed by atoms with Crippen LogP contribution in [-0.2, 0) is 0 Å². The van der Waals surface area contributed by atoms with Crippen LogP contribution in [0.5, 0.6) is 0 Å². The lowest BCUT2D eigenvalue weighted by molar-refractivity contribution is 1.08. The molecule has 4 aromatic heterocycles. The van der Waals surface area contributed by atoms with Crippen molar-refractivity contribution < 1.29 is 0 Å². The van der Waals surface area contributed by atoms with E-state index >= 15 is 0 Å². The Hall–Kier alpha value is -7.04. The first-order valence-electron chi connectivity index (χ1n) is 17.8. The number of fused-ring (bicyclic) bond motifs is 13. The fourth-order valence-corrected chi connectivity index (χ4v) is 8.80. The van der Waals surface area contributed by atoms with Gasteiger partial charge in [-0.25, -0.2) is 9.97 Å². The summed E-state index contributed by atoms with van der Waals surface area (Å²) in [6.07, 6.45) is 0. The van der Waals surface area contributed by atoms with Crippen LogP contribution in [-0.4, -0.2) is 18.9 Å². The summed E-state index contributed by atoms with van der Waals surface area (Å²) in [7, 11) is 0. The Morgan fingerprint density at radius 3 is 1.85 bits per heavy atom. The first kappa shape index (κ1) is 27.7. The number of benzene rings is 8. The summed E-state index contributed by atoms with van der Waals surface area (Å²) in [4.78, 5) is 10.6. The quantitative estimate of drug-likeness (QED) is 0.189.